The van der Waals surface area contributed by atoms with Crippen molar-refractivity contribution in [2.24, 2.45) is 0 Å². The average Bonchev–Trinajstić information content (AvgIpc) is 2.29. The second-order valence-corrected chi connectivity index (χ2v) is 3.83. The molecule has 1 aromatic carbocycles. The highest BCUT2D eigenvalue weighted by atomic mass is 15.3. The number of unbranched alkanes of at least 4 members (excludes halogenated alkanes) is 3. The molecule has 0 radical (unpaired) electrons. The second kappa shape index (κ2) is 8.45. The molecule has 84 valence electrons. The van der Waals surface area contributed by atoms with Crippen molar-refractivity contribution in [3.63, 3.8) is 0 Å². The van der Waals surface area contributed by atoms with Crippen molar-refractivity contribution in [2.75, 3.05) is 6.54 Å². The first kappa shape index (κ1) is 12.2. The number of nitrogens with one attached hydrogen (secondary N) is 2. The van der Waals surface area contributed by atoms with E-state index in [1.807, 2.05) is 6.07 Å². The van der Waals surface area contributed by atoms with Crippen LogP contribution in [0.5, 0.6) is 0 Å². The number of hydrogen-bond donors (Lipinski definition) is 2. The third-order valence-corrected chi connectivity index (χ3v) is 2.42. The maximum Gasteiger partial charge on any atom is 0.0351 e. The number of hydrazine groups is 1. The van der Waals surface area contributed by atoms with Crippen molar-refractivity contribution < 1.29 is 0 Å². The van der Waals surface area contributed by atoms with Crippen LogP contribution in [0.25, 0.3) is 0 Å². The van der Waals surface area contributed by atoms with E-state index in [2.05, 4.69) is 42.0 Å². The highest BCUT2D eigenvalue weighted by molar-refractivity contribution is 5.13. The maximum absolute atomic E-state index is 3.24. The topological polar surface area (TPSA) is 24.1 Å². The summed E-state index contributed by atoms with van der Waals surface area (Å²) in [6, 6.07) is 10.4. The highest BCUT2D eigenvalue weighted by Crippen LogP contribution is 1.97. The highest BCUT2D eigenvalue weighted by Gasteiger charge is 1.90. The van der Waals surface area contributed by atoms with Gasteiger partial charge in [0.2, 0.25) is 0 Å². The van der Waals surface area contributed by atoms with Gasteiger partial charge >= 0.3 is 0 Å². The Bertz CT molecular complexity index is 234. The Morgan fingerprint density at radius 3 is 2.47 bits per heavy atom. The number of hydrogen-bond acceptors (Lipinski definition) is 2. The first-order chi connectivity index (χ1) is 7.43. The molecule has 2 nitrogen and oxygen atoms in total. The Balaban J connectivity index is 1.93. The van der Waals surface area contributed by atoms with E-state index in [1.54, 1.807) is 0 Å². The first-order valence-corrected chi connectivity index (χ1v) is 5.93. The van der Waals surface area contributed by atoms with Gasteiger partial charge in [0.05, 0.1) is 0 Å². The molecule has 0 aromatic heterocycles. The van der Waals surface area contributed by atoms with Crippen molar-refractivity contribution in [3.05, 3.63) is 35.9 Å². The second-order valence-electron chi connectivity index (χ2n) is 3.83. The van der Waals surface area contributed by atoms with Gasteiger partial charge in [0.15, 0.2) is 0 Å². The SMILES string of the molecule is CCCCCCNNCc1ccccc1. The van der Waals surface area contributed by atoms with Gasteiger partial charge in [-0.25, -0.2) is 0 Å². The third-order valence-electron chi connectivity index (χ3n) is 2.42. The molecule has 0 heterocycles. The summed E-state index contributed by atoms with van der Waals surface area (Å²) in [6.45, 7) is 4.20. The molecule has 15 heavy (non-hydrogen) atoms. The maximum atomic E-state index is 3.24. The normalized spacial score (nSPS) is 10.5. The molecular formula is C13H22N2. The van der Waals surface area contributed by atoms with Crippen molar-refractivity contribution in [1.82, 2.24) is 10.9 Å². The average molecular weight is 206 g/mol. The summed E-state index contributed by atoms with van der Waals surface area (Å²) in [6.07, 6.45) is 5.24. The zero-order valence-electron chi connectivity index (χ0n) is 9.63. The van der Waals surface area contributed by atoms with E-state index in [4.69, 9.17) is 0 Å². The minimum absolute atomic E-state index is 0.897. The van der Waals surface area contributed by atoms with Crippen LogP contribution in [-0.2, 0) is 6.54 Å². The fourth-order valence-electron chi connectivity index (χ4n) is 1.49. The van der Waals surface area contributed by atoms with Crippen molar-refractivity contribution in [1.29, 1.82) is 0 Å². The summed E-state index contributed by atoms with van der Waals surface area (Å²) < 4.78 is 0. The van der Waals surface area contributed by atoms with Gasteiger partial charge in [0.1, 0.15) is 0 Å². The summed E-state index contributed by atoms with van der Waals surface area (Å²) in [4.78, 5) is 0. The Kier molecular flexibility index (Phi) is 6.88. The summed E-state index contributed by atoms with van der Waals surface area (Å²) in [5.74, 6) is 0. The molecule has 0 aliphatic heterocycles. The van der Waals surface area contributed by atoms with Crippen molar-refractivity contribution in [2.45, 2.75) is 39.2 Å². The zero-order valence-corrected chi connectivity index (χ0v) is 9.63. The lowest BCUT2D eigenvalue weighted by Gasteiger charge is -2.06. The Hall–Kier alpha value is -0.860. The zero-order chi connectivity index (χ0) is 10.8. The van der Waals surface area contributed by atoms with Crippen LogP contribution in [0, 0.1) is 0 Å². The van der Waals surface area contributed by atoms with Crippen LogP contribution < -0.4 is 10.9 Å². The lowest BCUT2D eigenvalue weighted by Crippen LogP contribution is -2.31. The smallest absolute Gasteiger partial charge is 0.0351 e. The molecule has 0 fully saturated rings. The van der Waals surface area contributed by atoms with Crippen LogP contribution in [0.3, 0.4) is 0 Å². The fourth-order valence-corrected chi connectivity index (χ4v) is 1.49. The van der Waals surface area contributed by atoms with Crippen molar-refractivity contribution in [3.8, 4) is 0 Å². The minimum Gasteiger partial charge on any atom is -0.258 e. The first-order valence-electron chi connectivity index (χ1n) is 5.93. The van der Waals surface area contributed by atoms with E-state index in [-0.39, 0.29) is 0 Å². The van der Waals surface area contributed by atoms with Gasteiger partial charge in [-0.05, 0) is 12.0 Å². The summed E-state index contributed by atoms with van der Waals surface area (Å²) >= 11 is 0. The van der Waals surface area contributed by atoms with Gasteiger partial charge in [-0.1, -0.05) is 56.5 Å². The molecule has 1 rings (SSSR count). The lowest BCUT2D eigenvalue weighted by atomic mass is 10.2. The molecule has 0 atom stereocenters. The largest absolute Gasteiger partial charge is 0.258 e. The van der Waals surface area contributed by atoms with Crippen LogP contribution in [0.15, 0.2) is 30.3 Å². The molecule has 0 saturated heterocycles. The van der Waals surface area contributed by atoms with Gasteiger partial charge < -0.3 is 0 Å². The van der Waals surface area contributed by atoms with Crippen LogP contribution in [0.1, 0.15) is 38.2 Å². The van der Waals surface area contributed by atoms with Crippen LogP contribution in [0.2, 0.25) is 0 Å². The standard InChI is InChI=1S/C13H22N2/c1-2-3-4-8-11-14-15-12-13-9-6-5-7-10-13/h5-7,9-10,14-15H,2-4,8,11-12H2,1H3. The molecule has 0 spiro atoms. The van der Waals surface area contributed by atoms with Gasteiger partial charge in [-0.15, -0.1) is 0 Å². The predicted octanol–water partition coefficient (Wildman–Crippen LogP) is 2.86. The van der Waals surface area contributed by atoms with Gasteiger partial charge in [-0.2, -0.15) is 0 Å². The van der Waals surface area contributed by atoms with E-state index in [1.165, 1.54) is 31.2 Å². The lowest BCUT2D eigenvalue weighted by molar-refractivity contribution is 0.504. The molecular weight excluding hydrogens is 184 g/mol. The minimum atomic E-state index is 0.897. The monoisotopic (exact) mass is 206 g/mol. The van der Waals surface area contributed by atoms with E-state index in [0.29, 0.717) is 0 Å². The predicted molar refractivity (Wildman–Crippen MR) is 65.4 cm³/mol. The van der Waals surface area contributed by atoms with Crippen LogP contribution in [-0.4, -0.2) is 6.54 Å². The molecule has 0 amide bonds. The van der Waals surface area contributed by atoms with Crippen LogP contribution >= 0.6 is 0 Å². The van der Waals surface area contributed by atoms with Gasteiger partial charge in [0, 0.05) is 13.1 Å². The fraction of sp³-hybridized carbons (Fsp3) is 0.538. The molecule has 1 aromatic rings. The van der Waals surface area contributed by atoms with Crippen LogP contribution in [0.4, 0.5) is 0 Å². The summed E-state index contributed by atoms with van der Waals surface area (Å²) in [7, 11) is 0. The molecule has 0 saturated carbocycles. The molecule has 0 unspecified atom stereocenters. The Morgan fingerprint density at radius 1 is 0.933 bits per heavy atom. The van der Waals surface area contributed by atoms with E-state index in [9.17, 15) is 0 Å². The Labute approximate surface area is 93.1 Å². The van der Waals surface area contributed by atoms with E-state index < -0.39 is 0 Å². The summed E-state index contributed by atoms with van der Waals surface area (Å²) in [5.41, 5.74) is 7.79. The molecule has 0 aliphatic carbocycles. The quantitative estimate of drug-likeness (QED) is 0.505. The summed E-state index contributed by atoms with van der Waals surface area (Å²) in [5, 5.41) is 0. The van der Waals surface area contributed by atoms with Gasteiger partial charge in [-0.3, -0.25) is 10.9 Å². The molecule has 0 bridgehead atoms. The number of benzene rings is 1. The number of rotatable bonds is 8. The van der Waals surface area contributed by atoms with E-state index in [0.717, 1.165) is 13.1 Å². The van der Waals surface area contributed by atoms with Crippen molar-refractivity contribution >= 4 is 0 Å². The molecule has 2 N–H and O–H groups in total. The molecule has 0 aliphatic rings. The van der Waals surface area contributed by atoms with E-state index >= 15 is 0 Å². The molecule has 2 heteroatoms. The van der Waals surface area contributed by atoms with Gasteiger partial charge in [0.25, 0.3) is 0 Å². The Morgan fingerprint density at radius 2 is 1.73 bits per heavy atom. The third kappa shape index (κ3) is 6.26.